The van der Waals surface area contributed by atoms with Crippen molar-refractivity contribution < 1.29 is 22.3 Å². The molecule has 5 rings (SSSR count). The Kier molecular flexibility index (Phi) is 7.95. The van der Waals surface area contributed by atoms with E-state index >= 15 is 0 Å². The lowest BCUT2D eigenvalue weighted by Crippen LogP contribution is -2.24. The van der Waals surface area contributed by atoms with Crippen LogP contribution in [0.2, 0.25) is 0 Å². The molecule has 14 heteroatoms. The molecule has 0 saturated carbocycles. The van der Waals surface area contributed by atoms with E-state index in [1.807, 2.05) is 6.07 Å². The van der Waals surface area contributed by atoms with Gasteiger partial charge in [0.05, 0.1) is 41.7 Å². The minimum absolute atomic E-state index is 0.183. The van der Waals surface area contributed by atoms with Gasteiger partial charge >= 0.3 is 6.18 Å². The molecular formula is C25H25F4N7O3. The fraction of sp³-hybridized carbons (Fsp3) is 0.320. The van der Waals surface area contributed by atoms with Crippen LogP contribution in [0.15, 0.2) is 40.2 Å². The number of aryl methyl sites for hydroxylation is 1. The zero-order valence-corrected chi connectivity index (χ0v) is 20.8. The fourth-order valence-electron chi connectivity index (χ4n) is 4.09. The topological polar surface area (TPSA) is 155 Å². The average Bonchev–Trinajstić information content (AvgIpc) is 3.35. The Balaban J connectivity index is 0.000000247. The highest BCUT2D eigenvalue weighted by molar-refractivity contribution is 5.86. The zero-order chi connectivity index (χ0) is 28.3. The van der Waals surface area contributed by atoms with Gasteiger partial charge in [0, 0.05) is 18.3 Å². The van der Waals surface area contributed by atoms with Crippen LogP contribution < -0.4 is 22.6 Å². The molecule has 0 aliphatic carbocycles. The minimum Gasteiger partial charge on any atom is -0.397 e. The Labute approximate surface area is 218 Å². The van der Waals surface area contributed by atoms with Crippen LogP contribution in [0.1, 0.15) is 43.0 Å². The smallest absolute Gasteiger partial charge is 0.397 e. The van der Waals surface area contributed by atoms with Crippen molar-refractivity contribution in [3.8, 4) is 11.4 Å². The van der Waals surface area contributed by atoms with Gasteiger partial charge < -0.3 is 20.8 Å². The number of nitrogen functional groups attached to an aromatic ring is 2. The van der Waals surface area contributed by atoms with E-state index in [0.717, 1.165) is 31.0 Å². The van der Waals surface area contributed by atoms with Crippen LogP contribution in [0.5, 0.6) is 0 Å². The molecule has 0 bridgehead atoms. The Morgan fingerprint density at radius 1 is 1.13 bits per heavy atom. The second-order valence-corrected chi connectivity index (χ2v) is 8.82. The van der Waals surface area contributed by atoms with E-state index < -0.39 is 28.8 Å². The summed E-state index contributed by atoms with van der Waals surface area (Å²) in [5.41, 5.74) is 8.95. The van der Waals surface area contributed by atoms with Crippen LogP contribution in [0.3, 0.4) is 0 Å². The number of nitrogens with one attached hydrogen (secondary N) is 1. The number of hydrogen-bond donors (Lipinski definition) is 3. The summed E-state index contributed by atoms with van der Waals surface area (Å²) in [4.78, 5) is 31.9. The van der Waals surface area contributed by atoms with Gasteiger partial charge in [-0.2, -0.15) is 18.3 Å². The predicted molar refractivity (Wildman–Crippen MR) is 136 cm³/mol. The Morgan fingerprint density at radius 3 is 2.56 bits per heavy atom. The highest BCUT2D eigenvalue weighted by Crippen LogP contribution is 2.30. The molecule has 1 aliphatic heterocycles. The molecule has 3 aromatic heterocycles. The Hall–Kier alpha value is -4.33. The normalized spacial score (nSPS) is 12.7. The highest BCUT2D eigenvalue weighted by atomic mass is 19.4. The number of aromatic nitrogens is 5. The number of nitrogens with zero attached hydrogens (tertiary/aromatic N) is 4. The summed E-state index contributed by atoms with van der Waals surface area (Å²) in [6.07, 6.45) is 0.819. The van der Waals surface area contributed by atoms with Gasteiger partial charge in [0.1, 0.15) is 17.2 Å². The van der Waals surface area contributed by atoms with Gasteiger partial charge in [-0.25, -0.2) is 19.5 Å². The van der Waals surface area contributed by atoms with Crippen molar-refractivity contribution in [2.24, 2.45) is 0 Å². The number of unbranched alkanes of at least 4 members (excludes halogenated alkanes) is 2. The van der Waals surface area contributed by atoms with Crippen molar-refractivity contribution in [2.75, 3.05) is 11.5 Å². The average molecular weight is 548 g/mol. The molecule has 1 aromatic carbocycles. The largest absolute Gasteiger partial charge is 0.423 e. The summed E-state index contributed by atoms with van der Waals surface area (Å²) in [5.74, 6) is -0.0224. The van der Waals surface area contributed by atoms with Crippen molar-refractivity contribution in [3.05, 3.63) is 73.9 Å². The summed E-state index contributed by atoms with van der Waals surface area (Å²) in [5, 5.41) is 5.75. The number of ether oxygens (including phenoxy) is 1. The van der Waals surface area contributed by atoms with Crippen molar-refractivity contribution in [1.29, 1.82) is 0 Å². The van der Waals surface area contributed by atoms with Crippen molar-refractivity contribution >= 4 is 22.3 Å². The van der Waals surface area contributed by atoms with Crippen LogP contribution >= 0.6 is 0 Å². The number of halogens is 4. The second kappa shape index (κ2) is 11.2. The lowest BCUT2D eigenvalue weighted by atomic mass is 10.1. The standard InChI is InChI=1S/C20H21FN4O2.C5H4F3N3O/c1-2-3-4-6-25-7-5-12-8-14(16(21)9-13(12)20(25)26)19-23-17-11-27-10-15(17)18(22)24-19;6-5(7,8)3-2(9)1-10-11-4(3)12/h5,7-9H,2-4,6,10-11H2,1H3,(H2,22,23,24);1H,(H3,9,11,12). The first kappa shape index (κ1) is 27.7. The summed E-state index contributed by atoms with van der Waals surface area (Å²) in [7, 11) is 0. The second-order valence-electron chi connectivity index (χ2n) is 8.82. The third kappa shape index (κ3) is 5.90. The zero-order valence-electron chi connectivity index (χ0n) is 20.8. The van der Waals surface area contributed by atoms with Crippen molar-refractivity contribution in [2.45, 2.75) is 52.1 Å². The summed E-state index contributed by atoms with van der Waals surface area (Å²) in [6.45, 7) is 3.46. The SMILES string of the molecule is CCCCCn1ccc2cc(-c3nc(N)c4c(n3)COC4)c(F)cc2c1=O.Nc1cn[nH]c(=O)c1C(F)(F)F. The summed E-state index contributed by atoms with van der Waals surface area (Å²) >= 11 is 0. The van der Waals surface area contributed by atoms with E-state index in [9.17, 15) is 27.2 Å². The number of nitrogens with two attached hydrogens (primary N) is 2. The van der Waals surface area contributed by atoms with Crippen LogP contribution in [0.4, 0.5) is 29.1 Å². The third-order valence-electron chi connectivity index (χ3n) is 6.09. The Morgan fingerprint density at radius 2 is 1.90 bits per heavy atom. The van der Waals surface area contributed by atoms with E-state index in [1.54, 1.807) is 21.9 Å². The monoisotopic (exact) mass is 547 g/mol. The molecule has 0 radical (unpaired) electrons. The van der Waals surface area contributed by atoms with E-state index in [4.69, 9.17) is 16.2 Å². The van der Waals surface area contributed by atoms with Gasteiger partial charge in [-0.1, -0.05) is 19.8 Å². The molecule has 10 nitrogen and oxygen atoms in total. The molecule has 1 aliphatic rings. The maximum Gasteiger partial charge on any atom is 0.423 e. The van der Waals surface area contributed by atoms with Crippen molar-refractivity contribution in [1.82, 2.24) is 24.7 Å². The van der Waals surface area contributed by atoms with E-state index in [0.29, 0.717) is 42.0 Å². The van der Waals surface area contributed by atoms with Crippen LogP contribution in [-0.4, -0.2) is 24.7 Å². The number of alkyl halides is 3. The van der Waals surface area contributed by atoms with Crippen LogP contribution in [0, 0.1) is 5.82 Å². The lowest BCUT2D eigenvalue weighted by molar-refractivity contribution is -0.138. The maximum atomic E-state index is 14.8. The predicted octanol–water partition coefficient (Wildman–Crippen LogP) is 3.77. The molecule has 0 spiro atoms. The van der Waals surface area contributed by atoms with E-state index in [1.165, 1.54) is 6.07 Å². The lowest BCUT2D eigenvalue weighted by Gasteiger charge is -2.10. The number of anilines is 2. The number of hydrogen-bond acceptors (Lipinski definition) is 8. The van der Waals surface area contributed by atoms with E-state index in [-0.39, 0.29) is 16.9 Å². The third-order valence-corrected chi connectivity index (χ3v) is 6.09. The molecule has 4 heterocycles. The first-order valence-electron chi connectivity index (χ1n) is 12.0. The molecule has 39 heavy (non-hydrogen) atoms. The molecule has 206 valence electrons. The van der Waals surface area contributed by atoms with Gasteiger partial charge in [-0.15, -0.1) is 0 Å². The van der Waals surface area contributed by atoms with Gasteiger partial charge in [0.25, 0.3) is 11.1 Å². The Bertz CT molecular complexity index is 1630. The first-order chi connectivity index (χ1) is 18.5. The molecule has 5 N–H and O–H groups in total. The maximum absolute atomic E-state index is 14.8. The fourth-order valence-corrected chi connectivity index (χ4v) is 4.09. The van der Waals surface area contributed by atoms with Crippen LogP contribution in [0.25, 0.3) is 22.2 Å². The first-order valence-corrected chi connectivity index (χ1v) is 12.0. The van der Waals surface area contributed by atoms with Crippen LogP contribution in [-0.2, 0) is 30.7 Å². The highest BCUT2D eigenvalue weighted by Gasteiger charge is 2.36. The molecule has 0 saturated heterocycles. The minimum atomic E-state index is -4.74. The van der Waals surface area contributed by atoms with Gasteiger partial charge in [0.15, 0.2) is 5.82 Å². The summed E-state index contributed by atoms with van der Waals surface area (Å²) in [6, 6.07) is 4.71. The van der Waals surface area contributed by atoms with Gasteiger partial charge in [0.2, 0.25) is 0 Å². The quantitative estimate of drug-likeness (QED) is 0.252. The van der Waals surface area contributed by atoms with Gasteiger partial charge in [-0.05, 0) is 30.0 Å². The number of pyridine rings is 1. The molecule has 0 amide bonds. The molecular weight excluding hydrogens is 522 g/mol. The molecule has 4 aromatic rings. The number of rotatable bonds is 5. The van der Waals surface area contributed by atoms with E-state index in [2.05, 4.69) is 22.0 Å². The number of fused-ring (bicyclic) bond motifs is 2. The molecule has 0 unspecified atom stereocenters. The number of benzene rings is 1. The molecule has 0 atom stereocenters. The summed E-state index contributed by atoms with van der Waals surface area (Å²) < 4.78 is 57.7. The number of H-pyrrole nitrogens is 1. The molecule has 0 fully saturated rings. The van der Waals surface area contributed by atoms with Crippen molar-refractivity contribution in [3.63, 3.8) is 0 Å². The number of aromatic amines is 1. The van der Waals surface area contributed by atoms with Gasteiger partial charge in [-0.3, -0.25) is 9.59 Å².